The van der Waals surface area contributed by atoms with Gasteiger partial charge in [-0.1, -0.05) is 59.6 Å². The molecule has 1 aromatic rings. The van der Waals surface area contributed by atoms with Gasteiger partial charge in [0.15, 0.2) is 0 Å². The summed E-state index contributed by atoms with van der Waals surface area (Å²) in [6.07, 6.45) is 2.52. The molecule has 0 unspecified atom stereocenters. The van der Waals surface area contributed by atoms with Crippen molar-refractivity contribution in [1.82, 2.24) is 0 Å². The van der Waals surface area contributed by atoms with Crippen LogP contribution in [0.15, 0.2) is 21.1 Å². The molecule has 0 radical (unpaired) electrons. The van der Waals surface area contributed by atoms with E-state index < -0.39 is 0 Å². The third kappa shape index (κ3) is 1.99. The Balaban J connectivity index is 2.74. The molecule has 1 aromatic carbocycles. The maximum absolute atomic E-state index is 3.73. The molecule has 0 atom stereocenters. The number of halogens is 2. The van der Waals surface area contributed by atoms with Gasteiger partial charge in [-0.25, -0.2) is 0 Å². The minimum Gasteiger partial charge on any atom is -0.0558 e. The van der Waals surface area contributed by atoms with Crippen molar-refractivity contribution in [1.29, 1.82) is 0 Å². The quantitative estimate of drug-likeness (QED) is 0.577. The van der Waals surface area contributed by atoms with Crippen molar-refractivity contribution in [2.75, 3.05) is 0 Å². The zero-order valence-corrected chi connectivity index (χ0v) is 13.5. The second-order valence-electron chi connectivity index (χ2n) is 6.08. The normalized spacial score (nSPS) is 21.6. The standard InChI is InChI=1S/C14H18Br2/c1-13(2)5-6-14(3,4)12-10(13)7-9(15)8-11(12)16/h7-8H,5-6H2,1-4H3. The van der Waals surface area contributed by atoms with Crippen LogP contribution in [0.4, 0.5) is 0 Å². The Morgan fingerprint density at radius 1 is 0.938 bits per heavy atom. The van der Waals surface area contributed by atoms with Crippen LogP contribution in [-0.2, 0) is 10.8 Å². The number of hydrogen-bond donors (Lipinski definition) is 0. The van der Waals surface area contributed by atoms with Gasteiger partial charge in [-0.2, -0.15) is 0 Å². The Kier molecular flexibility index (Phi) is 3.03. The molecule has 2 heteroatoms. The van der Waals surface area contributed by atoms with E-state index in [0.29, 0.717) is 0 Å². The zero-order chi connectivity index (χ0) is 12.1. The van der Waals surface area contributed by atoms with Crippen molar-refractivity contribution in [2.24, 2.45) is 0 Å². The summed E-state index contributed by atoms with van der Waals surface area (Å²) in [6.45, 7) is 9.39. The van der Waals surface area contributed by atoms with Crippen molar-refractivity contribution in [3.8, 4) is 0 Å². The average Bonchev–Trinajstić information content (AvgIpc) is 2.11. The van der Waals surface area contributed by atoms with Gasteiger partial charge in [0.25, 0.3) is 0 Å². The van der Waals surface area contributed by atoms with E-state index in [9.17, 15) is 0 Å². The molecule has 0 N–H and O–H groups in total. The minimum atomic E-state index is 0.282. The van der Waals surface area contributed by atoms with E-state index in [0.717, 1.165) is 0 Å². The highest BCUT2D eigenvalue weighted by atomic mass is 79.9. The van der Waals surface area contributed by atoms with E-state index in [-0.39, 0.29) is 10.8 Å². The van der Waals surface area contributed by atoms with Gasteiger partial charge in [-0.15, -0.1) is 0 Å². The second-order valence-corrected chi connectivity index (χ2v) is 7.85. The molecule has 2 rings (SSSR count). The Bertz CT molecular complexity index is 431. The largest absolute Gasteiger partial charge is 0.0558 e. The fourth-order valence-corrected chi connectivity index (χ4v) is 4.44. The zero-order valence-electron chi connectivity index (χ0n) is 10.3. The predicted molar refractivity (Wildman–Crippen MR) is 77.1 cm³/mol. The SMILES string of the molecule is CC1(C)CCC(C)(C)c2c(Br)cc(Br)cc21. The fraction of sp³-hybridized carbons (Fsp3) is 0.571. The minimum absolute atomic E-state index is 0.282. The van der Waals surface area contributed by atoms with Crippen molar-refractivity contribution in [3.63, 3.8) is 0 Å². The van der Waals surface area contributed by atoms with E-state index >= 15 is 0 Å². The van der Waals surface area contributed by atoms with Crippen LogP contribution in [0, 0.1) is 0 Å². The van der Waals surface area contributed by atoms with Gasteiger partial charge in [0.2, 0.25) is 0 Å². The molecule has 88 valence electrons. The molecule has 0 saturated heterocycles. The van der Waals surface area contributed by atoms with E-state index in [1.165, 1.54) is 32.9 Å². The fourth-order valence-electron chi connectivity index (χ4n) is 2.68. The van der Waals surface area contributed by atoms with Crippen molar-refractivity contribution < 1.29 is 0 Å². The summed E-state index contributed by atoms with van der Waals surface area (Å²) in [7, 11) is 0. The summed E-state index contributed by atoms with van der Waals surface area (Å²) in [5, 5.41) is 0. The predicted octanol–water partition coefficient (Wildman–Crippen LogP) is 5.56. The van der Waals surface area contributed by atoms with E-state index in [2.05, 4.69) is 71.7 Å². The lowest BCUT2D eigenvalue weighted by Gasteiger charge is -2.42. The van der Waals surface area contributed by atoms with Crippen LogP contribution in [0.25, 0.3) is 0 Å². The topological polar surface area (TPSA) is 0 Å². The Morgan fingerprint density at radius 3 is 2.12 bits per heavy atom. The van der Waals surface area contributed by atoms with Crippen LogP contribution in [0.1, 0.15) is 51.7 Å². The Morgan fingerprint density at radius 2 is 1.50 bits per heavy atom. The summed E-state index contributed by atoms with van der Waals surface area (Å²) >= 11 is 7.33. The summed E-state index contributed by atoms with van der Waals surface area (Å²) in [5.41, 5.74) is 3.55. The maximum atomic E-state index is 3.73. The second kappa shape index (κ2) is 3.84. The molecule has 0 fully saturated rings. The van der Waals surface area contributed by atoms with Gasteiger partial charge in [-0.05, 0) is 46.9 Å². The van der Waals surface area contributed by atoms with E-state index in [4.69, 9.17) is 0 Å². The van der Waals surface area contributed by atoms with Gasteiger partial charge < -0.3 is 0 Å². The molecule has 0 nitrogen and oxygen atoms in total. The molecule has 1 aliphatic rings. The first-order chi connectivity index (χ1) is 7.24. The summed E-state index contributed by atoms with van der Waals surface area (Å²) in [6, 6.07) is 4.46. The third-order valence-electron chi connectivity index (χ3n) is 3.84. The number of fused-ring (bicyclic) bond motifs is 1. The highest BCUT2D eigenvalue weighted by molar-refractivity contribution is 9.11. The first-order valence-electron chi connectivity index (χ1n) is 5.74. The molecule has 0 heterocycles. The molecule has 0 amide bonds. The van der Waals surface area contributed by atoms with Crippen molar-refractivity contribution >= 4 is 31.9 Å². The summed E-state index contributed by atoms with van der Waals surface area (Å²) in [4.78, 5) is 0. The van der Waals surface area contributed by atoms with Gasteiger partial charge in [0.05, 0.1) is 0 Å². The number of benzene rings is 1. The van der Waals surface area contributed by atoms with Crippen LogP contribution in [0.3, 0.4) is 0 Å². The van der Waals surface area contributed by atoms with Gasteiger partial charge in [0.1, 0.15) is 0 Å². The van der Waals surface area contributed by atoms with Gasteiger partial charge in [-0.3, -0.25) is 0 Å². The van der Waals surface area contributed by atoms with Crippen LogP contribution < -0.4 is 0 Å². The Hall–Kier alpha value is 0.180. The molecule has 1 aliphatic carbocycles. The van der Waals surface area contributed by atoms with E-state index in [1.807, 2.05) is 0 Å². The molecular formula is C14H18Br2. The van der Waals surface area contributed by atoms with Crippen molar-refractivity contribution in [2.45, 2.75) is 51.4 Å². The highest BCUT2D eigenvalue weighted by Crippen LogP contribution is 2.49. The lowest BCUT2D eigenvalue weighted by molar-refractivity contribution is 0.330. The first-order valence-corrected chi connectivity index (χ1v) is 7.33. The lowest BCUT2D eigenvalue weighted by Crippen LogP contribution is -2.34. The first kappa shape index (κ1) is 12.6. The van der Waals surface area contributed by atoms with Crippen molar-refractivity contribution in [3.05, 3.63) is 32.2 Å². The van der Waals surface area contributed by atoms with Crippen LogP contribution in [0.2, 0.25) is 0 Å². The summed E-state index contributed by atoms with van der Waals surface area (Å²) < 4.78 is 2.42. The maximum Gasteiger partial charge on any atom is 0.0226 e. The van der Waals surface area contributed by atoms with E-state index in [1.54, 1.807) is 0 Å². The molecule has 0 bridgehead atoms. The monoisotopic (exact) mass is 344 g/mol. The highest BCUT2D eigenvalue weighted by Gasteiger charge is 2.38. The summed E-state index contributed by atoms with van der Waals surface area (Å²) in [5.74, 6) is 0. The van der Waals surface area contributed by atoms with Crippen LogP contribution in [-0.4, -0.2) is 0 Å². The smallest absolute Gasteiger partial charge is 0.0226 e. The Labute approximate surface area is 115 Å². The van der Waals surface area contributed by atoms with Crippen LogP contribution in [0.5, 0.6) is 0 Å². The van der Waals surface area contributed by atoms with Crippen LogP contribution >= 0.6 is 31.9 Å². The van der Waals surface area contributed by atoms with Gasteiger partial charge in [0, 0.05) is 8.95 Å². The lowest BCUT2D eigenvalue weighted by atomic mass is 9.63. The average molecular weight is 346 g/mol. The molecule has 16 heavy (non-hydrogen) atoms. The molecule has 0 saturated carbocycles. The number of rotatable bonds is 0. The molecule has 0 spiro atoms. The number of hydrogen-bond acceptors (Lipinski definition) is 0. The third-order valence-corrected chi connectivity index (χ3v) is 4.92. The molecule has 0 aromatic heterocycles. The molecule has 0 aliphatic heterocycles. The van der Waals surface area contributed by atoms with Gasteiger partial charge >= 0.3 is 0 Å². The molecular weight excluding hydrogens is 328 g/mol.